The molecule has 128 valence electrons. The van der Waals surface area contributed by atoms with Crippen LogP contribution >= 0.6 is 0 Å². The van der Waals surface area contributed by atoms with E-state index in [4.69, 9.17) is 4.74 Å². The van der Waals surface area contributed by atoms with Crippen molar-refractivity contribution in [2.24, 2.45) is 5.92 Å². The van der Waals surface area contributed by atoms with Gasteiger partial charge in [0.25, 0.3) is 5.91 Å². The number of nitrogens with one attached hydrogen (secondary N) is 1. The number of aliphatic hydroxyl groups is 1. The van der Waals surface area contributed by atoms with Gasteiger partial charge in [-0.1, -0.05) is 12.1 Å². The Morgan fingerprint density at radius 1 is 1.38 bits per heavy atom. The average Bonchev–Trinajstić information content (AvgIpc) is 3.36. The summed E-state index contributed by atoms with van der Waals surface area (Å²) in [4.78, 5) is 16.9. The van der Waals surface area contributed by atoms with E-state index in [0.717, 1.165) is 16.5 Å². The van der Waals surface area contributed by atoms with Crippen LogP contribution in [0.4, 0.5) is 0 Å². The quantitative estimate of drug-likeness (QED) is 0.818. The predicted molar refractivity (Wildman–Crippen MR) is 93.1 cm³/mol. The van der Waals surface area contributed by atoms with Gasteiger partial charge in [-0.15, -0.1) is 0 Å². The SMILES string of the molecule is Cc1ccc2cc(C(=O)NCC(O)COCC3CC3)c(C)nc2c1. The van der Waals surface area contributed by atoms with Crippen LogP contribution in [-0.2, 0) is 4.74 Å². The van der Waals surface area contributed by atoms with Gasteiger partial charge in [-0.05, 0) is 50.3 Å². The van der Waals surface area contributed by atoms with Crippen molar-refractivity contribution in [2.75, 3.05) is 19.8 Å². The summed E-state index contributed by atoms with van der Waals surface area (Å²) in [6.07, 6.45) is 1.75. The van der Waals surface area contributed by atoms with Crippen LogP contribution in [0.1, 0.15) is 34.5 Å². The Balaban J connectivity index is 1.58. The summed E-state index contributed by atoms with van der Waals surface area (Å²) in [7, 11) is 0. The van der Waals surface area contributed by atoms with Gasteiger partial charge < -0.3 is 15.2 Å². The molecule has 0 saturated heterocycles. The fourth-order valence-corrected chi connectivity index (χ4v) is 2.62. The van der Waals surface area contributed by atoms with Gasteiger partial charge in [0.15, 0.2) is 0 Å². The van der Waals surface area contributed by atoms with Crippen molar-refractivity contribution in [3.8, 4) is 0 Å². The molecule has 1 aliphatic carbocycles. The highest BCUT2D eigenvalue weighted by molar-refractivity contribution is 5.98. The highest BCUT2D eigenvalue weighted by Gasteiger charge is 2.21. The summed E-state index contributed by atoms with van der Waals surface area (Å²) in [5.41, 5.74) is 3.25. The van der Waals surface area contributed by atoms with E-state index >= 15 is 0 Å². The number of aryl methyl sites for hydroxylation is 2. The number of benzene rings is 1. The lowest BCUT2D eigenvalue weighted by atomic mass is 10.1. The molecule has 1 saturated carbocycles. The van der Waals surface area contributed by atoms with Crippen LogP contribution in [0.15, 0.2) is 24.3 Å². The van der Waals surface area contributed by atoms with Gasteiger partial charge in [-0.3, -0.25) is 9.78 Å². The molecule has 1 amide bonds. The maximum atomic E-state index is 12.4. The van der Waals surface area contributed by atoms with Gasteiger partial charge >= 0.3 is 0 Å². The van der Waals surface area contributed by atoms with Crippen molar-refractivity contribution in [2.45, 2.75) is 32.8 Å². The number of aliphatic hydroxyl groups excluding tert-OH is 1. The zero-order valence-electron chi connectivity index (χ0n) is 14.2. The van der Waals surface area contributed by atoms with E-state index < -0.39 is 6.10 Å². The van der Waals surface area contributed by atoms with Crippen LogP contribution in [0.3, 0.4) is 0 Å². The molecule has 1 aliphatic rings. The lowest BCUT2D eigenvalue weighted by molar-refractivity contribution is 0.0320. The minimum absolute atomic E-state index is 0.175. The third-order valence-corrected chi connectivity index (χ3v) is 4.27. The topological polar surface area (TPSA) is 71.5 Å². The van der Waals surface area contributed by atoms with E-state index in [2.05, 4.69) is 10.3 Å². The zero-order chi connectivity index (χ0) is 17.1. The molecule has 0 aliphatic heterocycles. The molecule has 3 rings (SSSR count). The van der Waals surface area contributed by atoms with Crippen LogP contribution in [0.5, 0.6) is 0 Å². The first-order chi connectivity index (χ1) is 11.5. The maximum Gasteiger partial charge on any atom is 0.253 e. The Bertz CT molecular complexity index is 741. The first-order valence-corrected chi connectivity index (χ1v) is 8.45. The molecular formula is C19H24N2O3. The van der Waals surface area contributed by atoms with E-state index in [0.29, 0.717) is 23.8 Å². The molecular weight excluding hydrogens is 304 g/mol. The average molecular weight is 328 g/mol. The second-order valence-corrected chi connectivity index (χ2v) is 6.66. The van der Waals surface area contributed by atoms with Crippen LogP contribution in [0.2, 0.25) is 0 Å². The lowest BCUT2D eigenvalue weighted by Gasteiger charge is -2.13. The lowest BCUT2D eigenvalue weighted by Crippen LogP contribution is -2.35. The second kappa shape index (κ2) is 7.28. The molecule has 1 fully saturated rings. The van der Waals surface area contributed by atoms with Crippen LogP contribution in [0.25, 0.3) is 10.9 Å². The van der Waals surface area contributed by atoms with Crippen LogP contribution < -0.4 is 5.32 Å². The van der Waals surface area contributed by atoms with Gasteiger partial charge in [0.2, 0.25) is 0 Å². The van der Waals surface area contributed by atoms with Crippen LogP contribution in [-0.4, -0.2) is 41.9 Å². The molecule has 0 radical (unpaired) electrons. The van der Waals surface area contributed by atoms with Crippen molar-refractivity contribution in [1.82, 2.24) is 10.3 Å². The van der Waals surface area contributed by atoms with E-state index in [1.807, 2.05) is 38.1 Å². The molecule has 0 spiro atoms. The number of hydrogen-bond acceptors (Lipinski definition) is 4. The number of hydrogen-bond donors (Lipinski definition) is 2. The molecule has 2 aromatic rings. The van der Waals surface area contributed by atoms with Gasteiger partial charge in [0.05, 0.1) is 29.5 Å². The van der Waals surface area contributed by atoms with Crippen molar-refractivity contribution < 1.29 is 14.6 Å². The number of pyridine rings is 1. The molecule has 2 N–H and O–H groups in total. The van der Waals surface area contributed by atoms with E-state index in [9.17, 15) is 9.90 Å². The summed E-state index contributed by atoms with van der Waals surface area (Å²) >= 11 is 0. The molecule has 0 bridgehead atoms. The molecule has 5 nitrogen and oxygen atoms in total. The molecule has 1 heterocycles. The monoisotopic (exact) mass is 328 g/mol. The zero-order valence-corrected chi connectivity index (χ0v) is 14.2. The first kappa shape index (κ1) is 16.9. The molecule has 1 aromatic heterocycles. The van der Waals surface area contributed by atoms with E-state index in [-0.39, 0.29) is 19.1 Å². The standard InChI is InChI=1S/C19H24N2O3/c1-12-3-6-15-8-17(13(2)21-18(15)7-12)19(23)20-9-16(22)11-24-10-14-4-5-14/h3,6-8,14,16,22H,4-5,9-11H2,1-2H3,(H,20,23). The molecule has 5 heteroatoms. The van der Waals surface area contributed by atoms with Crippen molar-refractivity contribution in [3.05, 3.63) is 41.1 Å². The van der Waals surface area contributed by atoms with Crippen molar-refractivity contribution in [3.63, 3.8) is 0 Å². The molecule has 1 atom stereocenters. The van der Waals surface area contributed by atoms with Gasteiger partial charge in [-0.25, -0.2) is 0 Å². The largest absolute Gasteiger partial charge is 0.389 e. The third kappa shape index (κ3) is 4.30. The Morgan fingerprint density at radius 3 is 2.92 bits per heavy atom. The minimum Gasteiger partial charge on any atom is -0.389 e. The number of rotatable bonds is 7. The number of fused-ring (bicyclic) bond motifs is 1. The minimum atomic E-state index is -0.691. The fourth-order valence-electron chi connectivity index (χ4n) is 2.62. The first-order valence-electron chi connectivity index (χ1n) is 8.45. The highest BCUT2D eigenvalue weighted by Crippen LogP contribution is 2.28. The summed E-state index contributed by atoms with van der Waals surface area (Å²) in [5.74, 6) is 0.450. The van der Waals surface area contributed by atoms with Crippen molar-refractivity contribution >= 4 is 16.8 Å². The highest BCUT2D eigenvalue weighted by atomic mass is 16.5. The van der Waals surface area contributed by atoms with Gasteiger partial charge in [0, 0.05) is 18.5 Å². The smallest absolute Gasteiger partial charge is 0.253 e. The maximum absolute atomic E-state index is 12.4. The molecule has 1 aromatic carbocycles. The number of carbonyl (C=O) groups excluding carboxylic acids is 1. The second-order valence-electron chi connectivity index (χ2n) is 6.66. The Kier molecular flexibility index (Phi) is 5.11. The van der Waals surface area contributed by atoms with E-state index in [1.54, 1.807) is 0 Å². The summed E-state index contributed by atoms with van der Waals surface area (Å²) < 4.78 is 5.44. The number of carbonyl (C=O) groups is 1. The summed E-state index contributed by atoms with van der Waals surface area (Å²) in [6.45, 7) is 4.98. The Hall–Kier alpha value is -1.98. The number of amides is 1. The van der Waals surface area contributed by atoms with Crippen LogP contribution in [0, 0.1) is 19.8 Å². The number of aromatic nitrogens is 1. The third-order valence-electron chi connectivity index (χ3n) is 4.27. The summed E-state index contributed by atoms with van der Waals surface area (Å²) in [6, 6.07) is 7.82. The Labute approximate surface area is 142 Å². The number of ether oxygens (including phenoxy) is 1. The summed E-state index contributed by atoms with van der Waals surface area (Å²) in [5, 5.41) is 13.6. The molecule has 1 unspecified atom stereocenters. The molecule has 24 heavy (non-hydrogen) atoms. The normalized spacial score (nSPS) is 15.5. The van der Waals surface area contributed by atoms with Gasteiger partial charge in [0.1, 0.15) is 0 Å². The van der Waals surface area contributed by atoms with E-state index in [1.165, 1.54) is 12.8 Å². The number of nitrogens with zero attached hydrogens (tertiary/aromatic N) is 1. The predicted octanol–water partition coefficient (Wildman–Crippen LogP) is 2.37. The van der Waals surface area contributed by atoms with Gasteiger partial charge in [-0.2, -0.15) is 0 Å². The fraction of sp³-hybridized carbons (Fsp3) is 0.474. The van der Waals surface area contributed by atoms with Crippen molar-refractivity contribution in [1.29, 1.82) is 0 Å². The Morgan fingerprint density at radius 2 is 2.17 bits per heavy atom.